The number of fused-ring (bicyclic) bond motifs is 1. The largest absolute Gasteiger partial charge is 0.383 e. The number of amides is 1. The number of likely N-dealkylation sites (N-methyl/N-ethyl adjacent to an activating group) is 1. The van der Waals surface area contributed by atoms with Crippen molar-refractivity contribution in [3.05, 3.63) is 24.3 Å². The Kier molecular flexibility index (Phi) is 4.89. The molecular weight excluding hydrogens is 270 g/mol. The summed E-state index contributed by atoms with van der Waals surface area (Å²) in [7, 11) is 3.34. The van der Waals surface area contributed by atoms with Crippen LogP contribution in [0.3, 0.4) is 0 Å². The lowest BCUT2D eigenvalue weighted by Crippen LogP contribution is -2.37. The Bertz CT molecular complexity index is 632. The van der Waals surface area contributed by atoms with Crippen molar-refractivity contribution in [2.24, 2.45) is 0 Å². The minimum Gasteiger partial charge on any atom is -0.383 e. The van der Waals surface area contributed by atoms with Gasteiger partial charge >= 0.3 is 0 Å². The van der Waals surface area contributed by atoms with E-state index < -0.39 is 0 Å². The zero-order valence-electron chi connectivity index (χ0n) is 12.2. The average molecular weight is 289 g/mol. The predicted molar refractivity (Wildman–Crippen MR) is 82.1 cm³/mol. The van der Waals surface area contributed by atoms with E-state index in [9.17, 15) is 4.79 Å². The van der Waals surface area contributed by atoms with Crippen LogP contribution in [0.4, 0.5) is 11.6 Å². The highest BCUT2D eigenvalue weighted by Crippen LogP contribution is 2.20. The van der Waals surface area contributed by atoms with Crippen LogP contribution in [0, 0.1) is 0 Å². The molecule has 0 fully saturated rings. The van der Waals surface area contributed by atoms with E-state index in [0.717, 1.165) is 11.0 Å². The summed E-state index contributed by atoms with van der Waals surface area (Å²) in [6.45, 7) is 1.11. The fourth-order valence-corrected chi connectivity index (χ4v) is 1.92. The maximum atomic E-state index is 11.8. The molecule has 21 heavy (non-hydrogen) atoms. The van der Waals surface area contributed by atoms with Gasteiger partial charge in [-0.25, -0.2) is 9.97 Å². The average Bonchev–Trinajstić information content (AvgIpc) is 2.46. The third kappa shape index (κ3) is 3.79. The van der Waals surface area contributed by atoms with Gasteiger partial charge in [-0.15, -0.1) is 0 Å². The summed E-state index contributed by atoms with van der Waals surface area (Å²) in [6, 6.07) is 7.47. The SMILES string of the molecule is COCCNC(=O)CN(C)c1nc2ccccc2nc1N. The Hall–Kier alpha value is -2.41. The van der Waals surface area contributed by atoms with E-state index in [1.807, 2.05) is 24.3 Å². The number of hydrogen-bond acceptors (Lipinski definition) is 6. The Morgan fingerprint density at radius 1 is 1.33 bits per heavy atom. The first-order chi connectivity index (χ1) is 10.1. The van der Waals surface area contributed by atoms with E-state index >= 15 is 0 Å². The molecule has 0 aliphatic heterocycles. The van der Waals surface area contributed by atoms with Crippen molar-refractivity contribution in [1.29, 1.82) is 0 Å². The summed E-state index contributed by atoms with van der Waals surface area (Å²) in [6.07, 6.45) is 0. The quantitative estimate of drug-likeness (QED) is 0.748. The second-order valence-corrected chi connectivity index (χ2v) is 4.62. The van der Waals surface area contributed by atoms with E-state index in [-0.39, 0.29) is 12.5 Å². The molecule has 7 nitrogen and oxygen atoms in total. The molecule has 3 N–H and O–H groups in total. The zero-order valence-corrected chi connectivity index (χ0v) is 12.2. The number of ether oxygens (including phenoxy) is 1. The van der Waals surface area contributed by atoms with E-state index in [1.54, 1.807) is 19.1 Å². The number of carbonyl (C=O) groups excluding carboxylic acids is 1. The molecule has 0 unspecified atom stereocenters. The molecule has 1 aromatic heterocycles. The Labute approximate surface area is 123 Å². The van der Waals surface area contributed by atoms with Gasteiger partial charge in [0.25, 0.3) is 0 Å². The van der Waals surface area contributed by atoms with Gasteiger partial charge in [0, 0.05) is 20.7 Å². The third-order valence-corrected chi connectivity index (χ3v) is 2.95. The fourth-order valence-electron chi connectivity index (χ4n) is 1.92. The molecule has 2 aromatic rings. The molecule has 0 atom stereocenters. The first-order valence-corrected chi connectivity index (χ1v) is 6.61. The lowest BCUT2D eigenvalue weighted by atomic mass is 10.3. The minimum atomic E-state index is -0.121. The van der Waals surface area contributed by atoms with Gasteiger partial charge in [0.2, 0.25) is 5.91 Å². The molecular formula is C14H19N5O2. The normalized spacial score (nSPS) is 10.6. The minimum absolute atomic E-state index is 0.121. The number of benzene rings is 1. The van der Waals surface area contributed by atoms with E-state index in [4.69, 9.17) is 10.5 Å². The number of anilines is 2. The van der Waals surface area contributed by atoms with Crippen LogP contribution in [0.25, 0.3) is 11.0 Å². The highest BCUT2D eigenvalue weighted by molar-refractivity contribution is 5.84. The summed E-state index contributed by atoms with van der Waals surface area (Å²) in [4.78, 5) is 22.2. The van der Waals surface area contributed by atoms with Crippen molar-refractivity contribution in [3.63, 3.8) is 0 Å². The van der Waals surface area contributed by atoms with Crippen molar-refractivity contribution in [2.45, 2.75) is 0 Å². The number of rotatable bonds is 6. The number of nitrogens with two attached hydrogens (primary N) is 1. The number of para-hydroxylation sites is 2. The first-order valence-electron chi connectivity index (χ1n) is 6.61. The number of methoxy groups -OCH3 is 1. The van der Waals surface area contributed by atoms with Gasteiger partial charge in [0.1, 0.15) is 0 Å². The summed E-state index contributed by atoms with van der Waals surface area (Å²) in [5.41, 5.74) is 7.39. The molecule has 0 bridgehead atoms. The van der Waals surface area contributed by atoms with E-state index in [1.165, 1.54) is 0 Å². The first kappa shape index (κ1) is 15.0. The molecule has 0 saturated heterocycles. The monoisotopic (exact) mass is 289 g/mol. The second-order valence-electron chi connectivity index (χ2n) is 4.62. The highest BCUT2D eigenvalue weighted by atomic mass is 16.5. The van der Waals surface area contributed by atoms with E-state index in [2.05, 4.69) is 15.3 Å². The number of nitrogens with zero attached hydrogens (tertiary/aromatic N) is 3. The molecule has 0 spiro atoms. The topological polar surface area (TPSA) is 93.4 Å². The van der Waals surface area contributed by atoms with Crippen LogP contribution in [-0.4, -0.2) is 49.7 Å². The van der Waals surface area contributed by atoms with Crippen LogP contribution < -0.4 is 16.0 Å². The van der Waals surface area contributed by atoms with Crippen LogP contribution >= 0.6 is 0 Å². The fraction of sp³-hybridized carbons (Fsp3) is 0.357. The second kappa shape index (κ2) is 6.85. The van der Waals surface area contributed by atoms with Crippen LogP contribution in [0.5, 0.6) is 0 Å². The van der Waals surface area contributed by atoms with Crippen LogP contribution in [0.1, 0.15) is 0 Å². The molecule has 0 saturated carbocycles. The molecule has 1 amide bonds. The molecule has 0 aliphatic rings. The van der Waals surface area contributed by atoms with E-state index in [0.29, 0.717) is 24.8 Å². The van der Waals surface area contributed by atoms with Crippen LogP contribution in [0.15, 0.2) is 24.3 Å². The number of nitrogen functional groups attached to an aromatic ring is 1. The Morgan fingerprint density at radius 2 is 2.00 bits per heavy atom. The summed E-state index contributed by atoms with van der Waals surface area (Å²) in [5.74, 6) is 0.681. The number of nitrogens with one attached hydrogen (secondary N) is 1. The van der Waals surface area contributed by atoms with Gasteiger partial charge < -0.3 is 20.7 Å². The van der Waals surface area contributed by atoms with Crippen molar-refractivity contribution in [3.8, 4) is 0 Å². The molecule has 7 heteroatoms. The highest BCUT2D eigenvalue weighted by Gasteiger charge is 2.13. The van der Waals surface area contributed by atoms with Gasteiger partial charge in [-0.2, -0.15) is 0 Å². The third-order valence-electron chi connectivity index (χ3n) is 2.95. The molecule has 1 aromatic carbocycles. The van der Waals surface area contributed by atoms with Crippen LogP contribution in [-0.2, 0) is 9.53 Å². The molecule has 0 aliphatic carbocycles. The van der Waals surface area contributed by atoms with Crippen molar-refractivity contribution < 1.29 is 9.53 Å². The molecule has 1 heterocycles. The molecule has 0 radical (unpaired) electrons. The lowest BCUT2D eigenvalue weighted by Gasteiger charge is -2.19. The zero-order chi connectivity index (χ0) is 15.2. The van der Waals surface area contributed by atoms with Gasteiger partial charge in [0.15, 0.2) is 11.6 Å². The smallest absolute Gasteiger partial charge is 0.239 e. The Balaban J connectivity index is 2.10. The molecule has 112 valence electrons. The maximum absolute atomic E-state index is 11.8. The van der Waals surface area contributed by atoms with Gasteiger partial charge in [-0.3, -0.25) is 4.79 Å². The predicted octanol–water partition coefficient (Wildman–Crippen LogP) is 0.411. The Morgan fingerprint density at radius 3 is 2.67 bits per heavy atom. The number of hydrogen-bond donors (Lipinski definition) is 2. The maximum Gasteiger partial charge on any atom is 0.239 e. The standard InChI is InChI=1S/C14H19N5O2/c1-19(9-12(20)16-7-8-21-2)14-13(15)17-10-5-3-4-6-11(10)18-14/h3-6H,7-9H2,1-2H3,(H2,15,17)(H,16,20). The summed E-state index contributed by atoms with van der Waals surface area (Å²) >= 11 is 0. The number of aromatic nitrogens is 2. The van der Waals surface area contributed by atoms with Crippen molar-refractivity contribution >= 4 is 28.6 Å². The number of carbonyl (C=O) groups is 1. The van der Waals surface area contributed by atoms with Gasteiger partial charge in [-0.05, 0) is 12.1 Å². The van der Waals surface area contributed by atoms with Gasteiger partial charge in [-0.1, -0.05) is 12.1 Å². The van der Waals surface area contributed by atoms with Crippen molar-refractivity contribution in [2.75, 3.05) is 44.5 Å². The summed E-state index contributed by atoms with van der Waals surface area (Å²) < 4.78 is 4.88. The van der Waals surface area contributed by atoms with Crippen LogP contribution in [0.2, 0.25) is 0 Å². The van der Waals surface area contributed by atoms with Gasteiger partial charge in [0.05, 0.1) is 24.2 Å². The summed E-state index contributed by atoms with van der Waals surface area (Å²) in [5, 5.41) is 2.75. The van der Waals surface area contributed by atoms with Crippen molar-refractivity contribution in [1.82, 2.24) is 15.3 Å². The lowest BCUT2D eigenvalue weighted by molar-refractivity contribution is -0.119. The molecule has 2 rings (SSSR count).